The molecule has 4 aromatic rings. The molecule has 1 aliphatic carbocycles. The van der Waals surface area contributed by atoms with E-state index in [-0.39, 0.29) is 29.1 Å². The smallest absolute Gasteiger partial charge is 0.264 e. The molecule has 0 radical (unpaired) electrons. The van der Waals surface area contributed by atoms with Gasteiger partial charge in [0.05, 0.1) is 10.6 Å². The van der Waals surface area contributed by atoms with Crippen LogP contribution in [-0.4, -0.2) is 43.8 Å². The fraction of sp³-hybridized carbons (Fsp3) is 0.278. The molecule has 0 unspecified atom stereocenters. The molecule has 0 heterocycles. The summed E-state index contributed by atoms with van der Waals surface area (Å²) in [4.78, 5) is 29.1. The zero-order valence-corrected chi connectivity index (χ0v) is 27.5. The first kappa shape index (κ1) is 33.0. The summed E-state index contributed by atoms with van der Waals surface area (Å²) >= 11 is 6.10. The lowest BCUT2D eigenvalue weighted by atomic mass is 10.1. The summed E-state index contributed by atoms with van der Waals surface area (Å²) < 4.78 is 35.3. The second-order valence-electron chi connectivity index (χ2n) is 11.5. The fourth-order valence-electron chi connectivity index (χ4n) is 5.43. The Hall–Kier alpha value is -4.34. The van der Waals surface area contributed by atoms with Gasteiger partial charge in [-0.2, -0.15) is 0 Å². The summed E-state index contributed by atoms with van der Waals surface area (Å²) in [7, 11) is -4.19. The molecule has 1 N–H and O–H groups in total. The van der Waals surface area contributed by atoms with Crippen molar-refractivity contribution >= 4 is 39.1 Å². The Morgan fingerprint density at radius 1 is 0.870 bits per heavy atom. The number of ether oxygens (including phenoxy) is 1. The van der Waals surface area contributed by atoms with Gasteiger partial charge in [-0.3, -0.25) is 13.9 Å². The van der Waals surface area contributed by atoms with Gasteiger partial charge in [-0.25, -0.2) is 8.42 Å². The zero-order valence-electron chi connectivity index (χ0n) is 25.9. The Kier molecular flexibility index (Phi) is 10.7. The van der Waals surface area contributed by atoms with Gasteiger partial charge in [0.2, 0.25) is 11.8 Å². The van der Waals surface area contributed by atoms with Crippen molar-refractivity contribution in [3.8, 4) is 11.5 Å². The summed E-state index contributed by atoms with van der Waals surface area (Å²) in [5.74, 6) is 0.349. The molecule has 10 heteroatoms. The molecule has 5 rings (SSSR count). The molecule has 0 aromatic heterocycles. The Bertz CT molecular complexity index is 1730. The first-order valence-electron chi connectivity index (χ1n) is 15.4. The number of aryl methyl sites for hydroxylation is 1. The number of nitrogens with zero attached hydrogens (tertiary/aromatic N) is 2. The van der Waals surface area contributed by atoms with E-state index in [0.717, 1.165) is 41.1 Å². The van der Waals surface area contributed by atoms with Gasteiger partial charge >= 0.3 is 0 Å². The molecule has 2 amide bonds. The lowest BCUT2D eigenvalue weighted by molar-refractivity contribution is -0.139. The van der Waals surface area contributed by atoms with Crippen molar-refractivity contribution in [1.82, 2.24) is 10.2 Å². The molecule has 1 aliphatic rings. The van der Waals surface area contributed by atoms with Crippen LogP contribution in [0.1, 0.15) is 43.7 Å². The number of carbonyl (C=O) groups is 2. The number of rotatable bonds is 12. The number of amides is 2. The molecule has 4 aromatic carbocycles. The Balaban J connectivity index is 1.46. The minimum atomic E-state index is -4.19. The maximum absolute atomic E-state index is 14.2. The average molecular weight is 660 g/mol. The van der Waals surface area contributed by atoms with Crippen molar-refractivity contribution in [2.45, 2.75) is 63.1 Å². The van der Waals surface area contributed by atoms with Gasteiger partial charge < -0.3 is 15.0 Å². The topological polar surface area (TPSA) is 96.0 Å². The van der Waals surface area contributed by atoms with Crippen molar-refractivity contribution in [1.29, 1.82) is 0 Å². The second kappa shape index (κ2) is 14.8. The summed E-state index contributed by atoms with van der Waals surface area (Å²) in [6.07, 6.45) is 3.90. The van der Waals surface area contributed by atoms with Gasteiger partial charge in [0.25, 0.3) is 10.0 Å². The number of nitrogens with one attached hydrogen (secondary N) is 1. The van der Waals surface area contributed by atoms with Crippen LogP contribution in [0.25, 0.3) is 0 Å². The number of para-hydroxylation sites is 1. The van der Waals surface area contributed by atoms with E-state index in [2.05, 4.69) is 5.32 Å². The maximum Gasteiger partial charge on any atom is 0.264 e. The molecule has 8 nitrogen and oxygen atoms in total. The highest BCUT2D eigenvalue weighted by Crippen LogP contribution is 2.29. The Morgan fingerprint density at radius 2 is 1.48 bits per heavy atom. The predicted octanol–water partition coefficient (Wildman–Crippen LogP) is 7.11. The summed E-state index contributed by atoms with van der Waals surface area (Å²) in [6, 6.07) is 28.5. The number of hydrogen-bond donors (Lipinski definition) is 1. The van der Waals surface area contributed by atoms with E-state index in [1.165, 1.54) is 17.0 Å². The second-order valence-corrected chi connectivity index (χ2v) is 13.8. The molecule has 1 atom stereocenters. The van der Waals surface area contributed by atoms with Crippen LogP contribution >= 0.6 is 11.6 Å². The van der Waals surface area contributed by atoms with E-state index < -0.39 is 28.5 Å². The number of anilines is 1. The SMILES string of the molecule is Cc1ccc(S(=O)(=O)N(CC(=O)N(Cc2ccc(Cl)cc2)[C@@H](C)C(=O)NC2CCCC2)c2ccc(Oc3ccccc3)cc2)cc1. The highest BCUT2D eigenvalue weighted by Gasteiger charge is 2.33. The number of sulfonamides is 1. The normalized spacial score (nSPS) is 14.0. The van der Waals surface area contributed by atoms with Gasteiger partial charge in [-0.1, -0.05) is 72.5 Å². The lowest BCUT2D eigenvalue weighted by Gasteiger charge is -2.32. The minimum absolute atomic E-state index is 0.0480. The van der Waals surface area contributed by atoms with Crippen LogP contribution in [0.2, 0.25) is 5.02 Å². The van der Waals surface area contributed by atoms with Gasteiger partial charge in [0.1, 0.15) is 24.1 Å². The van der Waals surface area contributed by atoms with E-state index in [1.807, 2.05) is 37.3 Å². The van der Waals surface area contributed by atoms with E-state index in [4.69, 9.17) is 16.3 Å². The quantitative estimate of drug-likeness (QED) is 0.175. The summed E-state index contributed by atoms with van der Waals surface area (Å²) in [6.45, 7) is 3.11. The molecular formula is C36H38ClN3O5S. The third kappa shape index (κ3) is 8.27. The van der Waals surface area contributed by atoms with Gasteiger partial charge in [0.15, 0.2) is 0 Å². The summed E-state index contributed by atoms with van der Waals surface area (Å²) in [5, 5.41) is 3.63. The van der Waals surface area contributed by atoms with Crippen molar-refractivity contribution in [2.24, 2.45) is 0 Å². The molecular weight excluding hydrogens is 622 g/mol. The predicted molar refractivity (Wildman–Crippen MR) is 181 cm³/mol. The van der Waals surface area contributed by atoms with Crippen LogP contribution in [0.15, 0.2) is 108 Å². The van der Waals surface area contributed by atoms with Gasteiger partial charge in [-0.15, -0.1) is 0 Å². The van der Waals surface area contributed by atoms with E-state index in [0.29, 0.717) is 16.5 Å². The molecule has 240 valence electrons. The number of hydrogen-bond acceptors (Lipinski definition) is 5. The minimum Gasteiger partial charge on any atom is -0.457 e. The van der Waals surface area contributed by atoms with Crippen molar-refractivity contribution in [3.05, 3.63) is 119 Å². The van der Waals surface area contributed by atoms with Crippen molar-refractivity contribution in [3.63, 3.8) is 0 Å². The lowest BCUT2D eigenvalue weighted by Crippen LogP contribution is -2.52. The number of halogens is 1. The average Bonchev–Trinajstić information content (AvgIpc) is 3.57. The van der Waals surface area contributed by atoms with E-state index in [9.17, 15) is 18.0 Å². The third-order valence-corrected chi connectivity index (χ3v) is 10.2. The first-order valence-corrected chi connectivity index (χ1v) is 17.2. The van der Waals surface area contributed by atoms with E-state index in [1.54, 1.807) is 67.6 Å². The highest BCUT2D eigenvalue weighted by molar-refractivity contribution is 7.92. The molecule has 0 aliphatic heterocycles. The molecule has 0 spiro atoms. The van der Waals surface area contributed by atoms with Gasteiger partial charge in [-0.05, 0) is 92.9 Å². The van der Waals surface area contributed by atoms with Crippen LogP contribution in [0.5, 0.6) is 11.5 Å². The molecule has 0 saturated heterocycles. The number of carbonyl (C=O) groups excluding carboxylic acids is 2. The van der Waals surface area contributed by atoms with Gasteiger partial charge in [0, 0.05) is 17.6 Å². The molecule has 0 bridgehead atoms. The fourth-order valence-corrected chi connectivity index (χ4v) is 6.97. The Labute approximate surface area is 276 Å². The largest absolute Gasteiger partial charge is 0.457 e. The number of benzene rings is 4. The van der Waals surface area contributed by atoms with Crippen molar-refractivity contribution in [2.75, 3.05) is 10.8 Å². The zero-order chi connectivity index (χ0) is 32.7. The van der Waals surface area contributed by atoms with E-state index >= 15 is 0 Å². The standard InChI is InChI=1S/C36H38ClN3O5S/c1-26-12-22-34(23-13-26)46(43,44)40(31-18-20-33(21-19-31)45-32-10-4-3-5-11-32)25-35(41)39(24-28-14-16-29(37)17-15-28)27(2)36(42)38-30-8-6-7-9-30/h3-5,10-23,27,30H,6-9,24-25H2,1-2H3,(H,38,42)/t27-/m0/s1. The maximum atomic E-state index is 14.2. The molecule has 1 fully saturated rings. The summed E-state index contributed by atoms with van der Waals surface area (Å²) in [5.41, 5.74) is 1.94. The Morgan fingerprint density at radius 3 is 2.11 bits per heavy atom. The van der Waals surface area contributed by atoms with Crippen LogP contribution < -0.4 is 14.4 Å². The third-order valence-electron chi connectivity index (χ3n) is 8.13. The van der Waals surface area contributed by atoms with Crippen LogP contribution in [0, 0.1) is 6.92 Å². The molecule has 1 saturated carbocycles. The first-order chi connectivity index (χ1) is 22.1. The highest BCUT2D eigenvalue weighted by atomic mass is 35.5. The van der Waals surface area contributed by atoms with Crippen LogP contribution in [-0.2, 0) is 26.2 Å². The molecule has 46 heavy (non-hydrogen) atoms. The monoisotopic (exact) mass is 659 g/mol. The van der Waals surface area contributed by atoms with Crippen LogP contribution in [0.3, 0.4) is 0 Å². The van der Waals surface area contributed by atoms with Crippen LogP contribution in [0.4, 0.5) is 5.69 Å². The van der Waals surface area contributed by atoms with Crippen molar-refractivity contribution < 1.29 is 22.7 Å².